The summed E-state index contributed by atoms with van der Waals surface area (Å²) in [5.74, 6) is -0.290. The van der Waals surface area contributed by atoms with Gasteiger partial charge in [-0.2, -0.15) is 8.42 Å². The van der Waals surface area contributed by atoms with Crippen LogP contribution in [-0.4, -0.2) is 34.6 Å². The lowest BCUT2D eigenvalue weighted by Crippen LogP contribution is -2.42. The molecular weight excluding hydrogens is 514 g/mol. The van der Waals surface area contributed by atoms with Crippen molar-refractivity contribution in [2.45, 2.75) is 68.9 Å². The number of anilines is 1. The zero-order chi connectivity index (χ0) is 27.7. The van der Waals surface area contributed by atoms with Crippen molar-refractivity contribution in [3.05, 3.63) is 89.6 Å². The molecule has 3 aromatic rings. The first-order valence-electron chi connectivity index (χ1n) is 13.4. The van der Waals surface area contributed by atoms with Gasteiger partial charge in [-0.3, -0.25) is 4.72 Å². The largest absolute Gasteiger partial charge is 0.512 e. The van der Waals surface area contributed by atoms with Crippen LogP contribution in [0.3, 0.4) is 0 Å². The lowest BCUT2D eigenvalue weighted by Gasteiger charge is -2.39. The Labute approximate surface area is 229 Å². The van der Waals surface area contributed by atoms with E-state index in [0.717, 1.165) is 31.2 Å². The SMILES string of the molecule is CCCC1(CCc2ccccc2)CC(O)=C(C2(Cc3cccc(NS(=O)(=O)c4cn(C)cn4)c3)CC2)C(=O)O1. The number of aryl methyl sites for hydroxylation is 2. The minimum absolute atomic E-state index is 0.0584. The summed E-state index contributed by atoms with van der Waals surface area (Å²) in [6, 6.07) is 17.3. The Kier molecular flexibility index (Phi) is 7.29. The quantitative estimate of drug-likeness (QED) is 0.307. The van der Waals surface area contributed by atoms with Crippen molar-refractivity contribution in [2.75, 3.05) is 4.72 Å². The molecule has 5 rings (SSSR count). The number of aliphatic hydroxyl groups is 1. The van der Waals surface area contributed by atoms with Gasteiger partial charge < -0.3 is 14.4 Å². The smallest absolute Gasteiger partial charge is 0.338 e. The minimum Gasteiger partial charge on any atom is -0.512 e. The standard InChI is InChI=1S/C30H35N3O5S/c1-3-13-30(14-12-22-8-5-4-6-9-22)19-25(34)27(28(35)38-30)29(15-16-29)18-23-10-7-11-24(17-23)32-39(36,37)26-20-33(2)21-31-26/h4-11,17,20-21,32,34H,3,12-16,18-19H2,1-2H3. The van der Waals surface area contributed by atoms with E-state index in [4.69, 9.17) is 4.74 Å². The van der Waals surface area contributed by atoms with Gasteiger partial charge in [-0.25, -0.2) is 9.78 Å². The van der Waals surface area contributed by atoms with E-state index in [0.29, 0.717) is 36.9 Å². The maximum absolute atomic E-state index is 13.5. The molecule has 0 amide bonds. The van der Waals surface area contributed by atoms with Crippen LogP contribution < -0.4 is 4.72 Å². The van der Waals surface area contributed by atoms with E-state index < -0.39 is 27.0 Å². The first-order chi connectivity index (χ1) is 18.6. The number of imidazole rings is 1. The molecule has 39 heavy (non-hydrogen) atoms. The van der Waals surface area contributed by atoms with Crippen LogP contribution in [0.4, 0.5) is 5.69 Å². The van der Waals surface area contributed by atoms with Crippen LogP contribution in [-0.2, 0) is 39.4 Å². The molecule has 1 saturated carbocycles. The predicted octanol–water partition coefficient (Wildman–Crippen LogP) is 5.47. The van der Waals surface area contributed by atoms with Gasteiger partial charge in [0.2, 0.25) is 0 Å². The second-order valence-electron chi connectivity index (χ2n) is 10.9. The number of nitrogens with one attached hydrogen (secondary N) is 1. The molecule has 1 atom stereocenters. The van der Waals surface area contributed by atoms with Gasteiger partial charge in [-0.05, 0) is 61.8 Å². The number of hydrogen-bond acceptors (Lipinski definition) is 6. The molecule has 1 aliphatic heterocycles. The highest BCUT2D eigenvalue weighted by Crippen LogP contribution is 2.57. The van der Waals surface area contributed by atoms with E-state index >= 15 is 0 Å². The number of benzene rings is 2. The fourth-order valence-electron chi connectivity index (χ4n) is 5.73. The van der Waals surface area contributed by atoms with Gasteiger partial charge in [0.1, 0.15) is 11.4 Å². The van der Waals surface area contributed by atoms with Crippen LogP contribution in [0.15, 0.2) is 83.5 Å². The van der Waals surface area contributed by atoms with Crippen LogP contribution >= 0.6 is 0 Å². The Morgan fingerprint density at radius 2 is 1.82 bits per heavy atom. The van der Waals surface area contributed by atoms with Crippen molar-refractivity contribution < 1.29 is 23.1 Å². The van der Waals surface area contributed by atoms with Crippen LogP contribution in [0, 0.1) is 5.41 Å². The van der Waals surface area contributed by atoms with Gasteiger partial charge in [-0.15, -0.1) is 0 Å². The average Bonchev–Trinajstić information content (AvgIpc) is 3.50. The highest BCUT2D eigenvalue weighted by molar-refractivity contribution is 7.92. The Hall–Kier alpha value is -3.59. The van der Waals surface area contributed by atoms with Crippen molar-refractivity contribution >= 4 is 21.7 Å². The zero-order valence-electron chi connectivity index (χ0n) is 22.4. The van der Waals surface area contributed by atoms with E-state index in [1.54, 1.807) is 29.8 Å². The van der Waals surface area contributed by atoms with Crippen LogP contribution in [0.5, 0.6) is 0 Å². The number of cyclic esters (lactones) is 1. The number of hydrogen-bond donors (Lipinski definition) is 2. The number of sulfonamides is 1. The molecule has 9 heteroatoms. The maximum atomic E-state index is 13.5. The Bertz CT molecular complexity index is 1490. The van der Waals surface area contributed by atoms with Gasteiger partial charge in [0.15, 0.2) is 5.03 Å². The molecule has 2 aromatic carbocycles. The molecular formula is C30H35N3O5S. The third-order valence-corrected chi connectivity index (χ3v) is 9.04. The summed E-state index contributed by atoms with van der Waals surface area (Å²) in [7, 11) is -2.12. The maximum Gasteiger partial charge on any atom is 0.338 e. The first-order valence-corrected chi connectivity index (χ1v) is 14.9. The first kappa shape index (κ1) is 27.0. The highest BCUT2D eigenvalue weighted by Gasteiger charge is 2.54. The summed E-state index contributed by atoms with van der Waals surface area (Å²) in [6.07, 6.45) is 8.17. The summed E-state index contributed by atoms with van der Waals surface area (Å²) in [4.78, 5) is 17.4. The van der Waals surface area contributed by atoms with Crippen LogP contribution in [0.25, 0.3) is 0 Å². The second kappa shape index (κ2) is 10.5. The van der Waals surface area contributed by atoms with Crippen molar-refractivity contribution in [3.8, 4) is 0 Å². The van der Waals surface area contributed by atoms with Gasteiger partial charge in [0.25, 0.3) is 10.0 Å². The number of esters is 1. The summed E-state index contributed by atoms with van der Waals surface area (Å²) in [5, 5.41) is 11.2. The molecule has 0 spiro atoms. The monoisotopic (exact) mass is 549 g/mol. The predicted molar refractivity (Wildman–Crippen MR) is 149 cm³/mol. The van der Waals surface area contributed by atoms with Crippen molar-refractivity contribution in [1.29, 1.82) is 0 Å². The molecule has 2 heterocycles. The third-order valence-electron chi connectivity index (χ3n) is 7.77. The summed E-state index contributed by atoms with van der Waals surface area (Å²) in [6.45, 7) is 2.06. The number of rotatable bonds is 11. The van der Waals surface area contributed by atoms with E-state index in [1.807, 2.05) is 24.3 Å². The number of aliphatic hydroxyl groups excluding tert-OH is 1. The summed E-state index contributed by atoms with van der Waals surface area (Å²) >= 11 is 0. The molecule has 8 nitrogen and oxygen atoms in total. The van der Waals surface area contributed by atoms with E-state index in [2.05, 4.69) is 28.8 Å². The fourth-order valence-corrected chi connectivity index (χ4v) is 6.76. The summed E-state index contributed by atoms with van der Waals surface area (Å²) < 4.78 is 35.8. The number of carbonyl (C=O) groups is 1. The molecule has 2 N–H and O–H groups in total. The topological polar surface area (TPSA) is 111 Å². The van der Waals surface area contributed by atoms with E-state index in [9.17, 15) is 18.3 Å². The van der Waals surface area contributed by atoms with Crippen LogP contribution in [0.1, 0.15) is 56.6 Å². The fraction of sp³-hybridized carbons (Fsp3) is 0.400. The lowest BCUT2D eigenvalue weighted by molar-refractivity contribution is -0.161. The summed E-state index contributed by atoms with van der Waals surface area (Å²) in [5.41, 5.74) is 1.63. The Balaban J connectivity index is 1.33. The van der Waals surface area contributed by atoms with Crippen molar-refractivity contribution in [1.82, 2.24) is 9.55 Å². The molecule has 1 fully saturated rings. The number of carbonyl (C=O) groups excluding carboxylic acids is 1. The van der Waals surface area contributed by atoms with Crippen molar-refractivity contribution in [2.24, 2.45) is 12.5 Å². The zero-order valence-corrected chi connectivity index (χ0v) is 23.2. The third kappa shape index (κ3) is 5.88. The molecule has 0 saturated heterocycles. The van der Waals surface area contributed by atoms with Crippen molar-refractivity contribution in [3.63, 3.8) is 0 Å². The minimum atomic E-state index is -3.82. The van der Waals surface area contributed by atoms with E-state index in [1.165, 1.54) is 18.1 Å². The normalized spacial score (nSPS) is 20.5. The van der Waals surface area contributed by atoms with Gasteiger partial charge in [0, 0.05) is 30.8 Å². The van der Waals surface area contributed by atoms with Gasteiger partial charge in [0.05, 0.1) is 11.9 Å². The molecule has 1 unspecified atom stereocenters. The molecule has 2 aliphatic rings. The van der Waals surface area contributed by atoms with Gasteiger partial charge in [-0.1, -0.05) is 55.8 Å². The van der Waals surface area contributed by atoms with E-state index in [-0.39, 0.29) is 10.8 Å². The number of ether oxygens (including phenoxy) is 1. The molecule has 0 radical (unpaired) electrons. The molecule has 206 valence electrons. The number of nitrogens with zero attached hydrogens (tertiary/aromatic N) is 2. The van der Waals surface area contributed by atoms with Crippen LogP contribution in [0.2, 0.25) is 0 Å². The van der Waals surface area contributed by atoms with Gasteiger partial charge >= 0.3 is 5.97 Å². The molecule has 0 bridgehead atoms. The number of aromatic nitrogens is 2. The molecule has 1 aliphatic carbocycles. The Morgan fingerprint density at radius 1 is 1.08 bits per heavy atom. The second-order valence-corrected chi connectivity index (χ2v) is 12.6. The lowest BCUT2D eigenvalue weighted by atomic mass is 9.79. The average molecular weight is 550 g/mol. The molecule has 1 aromatic heterocycles. The Morgan fingerprint density at radius 3 is 2.46 bits per heavy atom. The highest BCUT2D eigenvalue weighted by atomic mass is 32.2.